The van der Waals surface area contributed by atoms with Crippen LogP contribution in [0.3, 0.4) is 0 Å². The van der Waals surface area contributed by atoms with Gasteiger partial charge < -0.3 is 10.0 Å². The van der Waals surface area contributed by atoms with Gasteiger partial charge in [-0.3, -0.25) is 9.59 Å². The summed E-state index contributed by atoms with van der Waals surface area (Å²) in [5, 5.41) is 11.2. The van der Waals surface area contributed by atoms with E-state index in [0.717, 1.165) is 11.3 Å². The lowest BCUT2D eigenvalue weighted by Crippen LogP contribution is -2.38. The van der Waals surface area contributed by atoms with Crippen LogP contribution in [0.5, 0.6) is 0 Å². The fourth-order valence-corrected chi connectivity index (χ4v) is 3.44. The first-order chi connectivity index (χ1) is 9.13. The van der Waals surface area contributed by atoms with Crippen LogP contribution in [0.1, 0.15) is 31.1 Å². The number of carbonyl (C=O) groups is 2. The minimum Gasteiger partial charge on any atom is -0.481 e. The van der Waals surface area contributed by atoms with Crippen LogP contribution in [0.25, 0.3) is 0 Å². The molecule has 1 N–H and O–H groups in total. The SMILES string of the molecule is CCN(Cc1cccs1)C(=O)[C@@H]1CCC[C@@H]1C(=O)O. The largest absolute Gasteiger partial charge is 0.481 e. The van der Waals surface area contributed by atoms with E-state index in [4.69, 9.17) is 0 Å². The fraction of sp³-hybridized carbons (Fsp3) is 0.571. The Morgan fingerprint density at radius 2 is 2.16 bits per heavy atom. The molecule has 1 saturated carbocycles. The van der Waals surface area contributed by atoms with Gasteiger partial charge in [-0.1, -0.05) is 12.5 Å². The summed E-state index contributed by atoms with van der Waals surface area (Å²) in [6.45, 7) is 3.16. The molecule has 0 radical (unpaired) electrons. The van der Waals surface area contributed by atoms with Crippen molar-refractivity contribution in [2.24, 2.45) is 11.8 Å². The van der Waals surface area contributed by atoms with Crippen molar-refractivity contribution in [2.45, 2.75) is 32.7 Å². The lowest BCUT2D eigenvalue weighted by molar-refractivity contribution is -0.149. The summed E-state index contributed by atoms with van der Waals surface area (Å²) in [4.78, 5) is 26.6. The Labute approximate surface area is 117 Å². The molecule has 1 heterocycles. The highest BCUT2D eigenvalue weighted by atomic mass is 32.1. The quantitative estimate of drug-likeness (QED) is 0.902. The molecule has 1 aromatic rings. The zero-order valence-electron chi connectivity index (χ0n) is 11.0. The standard InChI is InChI=1S/C14H19NO3S/c1-2-15(9-10-5-4-8-19-10)13(16)11-6-3-7-12(11)14(17)18/h4-5,8,11-12H,2-3,6-7,9H2,1H3,(H,17,18)/t11-,12+/m1/s1. The van der Waals surface area contributed by atoms with Gasteiger partial charge in [0.05, 0.1) is 18.4 Å². The summed E-state index contributed by atoms with van der Waals surface area (Å²) < 4.78 is 0. The van der Waals surface area contributed by atoms with Gasteiger partial charge in [-0.2, -0.15) is 0 Å². The number of carboxylic acids is 1. The van der Waals surface area contributed by atoms with E-state index in [1.807, 2.05) is 24.4 Å². The molecule has 19 heavy (non-hydrogen) atoms. The van der Waals surface area contributed by atoms with E-state index in [2.05, 4.69) is 0 Å². The highest BCUT2D eigenvalue weighted by Crippen LogP contribution is 2.33. The van der Waals surface area contributed by atoms with Gasteiger partial charge in [0.25, 0.3) is 0 Å². The summed E-state index contributed by atoms with van der Waals surface area (Å²) in [5.74, 6) is -1.66. The van der Waals surface area contributed by atoms with Gasteiger partial charge in [-0.15, -0.1) is 11.3 Å². The van der Waals surface area contributed by atoms with Crippen LogP contribution in [-0.4, -0.2) is 28.4 Å². The average molecular weight is 281 g/mol. The van der Waals surface area contributed by atoms with Crippen LogP contribution < -0.4 is 0 Å². The van der Waals surface area contributed by atoms with Gasteiger partial charge in [0.15, 0.2) is 0 Å². The van der Waals surface area contributed by atoms with Gasteiger partial charge in [-0.25, -0.2) is 0 Å². The van der Waals surface area contributed by atoms with E-state index in [0.29, 0.717) is 25.9 Å². The van der Waals surface area contributed by atoms with E-state index in [1.54, 1.807) is 16.2 Å². The Kier molecular flexibility index (Phi) is 4.58. The molecule has 0 spiro atoms. The summed E-state index contributed by atoms with van der Waals surface area (Å²) in [5.41, 5.74) is 0. The molecule has 5 heteroatoms. The average Bonchev–Trinajstić information content (AvgIpc) is 3.05. The molecular formula is C14H19NO3S. The van der Waals surface area contributed by atoms with Crippen molar-refractivity contribution in [1.82, 2.24) is 4.90 Å². The van der Waals surface area contributed by atoms with Crippen LogP contribution in [0.2, 0.25) is 0 Å². The molecule has 104 valence electrons. The van der Waals surface area contributed by atoms with Crippen molar-refractivity contribution in [3.8, 4) is 0 Å². The van der Waals surface area contributed by atoms with Crippen molar-refractivity contribution in [3.05, 3.63) is 22.4 Å². The normalized spacial score (nSPS) is 22.4. The minimum absolute atomic E-state index is 0.000741. The predicted molar refractivity (Wildman–Crippen MR) is 73.9 cm³/mol. The lowest BCUT2D eigenvalue weighted by atomic mass is 9.94. The Balaban J connectivity index is 2.05. The molecule has 0 unspecified atom stereocenters. The number of thiophene rings is 1. The Hall–Kier alpha value is -1.36. The highest BCUT2D eigenvalue weighted by molar-refractivity contribution is 7.09. The van der Waals surface area contributed by atoms with Gasteiger partial charge in [0, 0.05) is 11.4 Å². The van der Waals surface area contributed by atoms with E-state index >= 15 is 0 Å². The van der Waals surface area contributed by atoms with Gasteiger partial charge in [0.2, 0.25) is 5.91 Å². The topological polar surface area (TPSA) is 57.6 Å². The molecule has 2 rings (SSSR count). The summed E-state index contributed by atoms with van der Waals surface area (Å²) in [6.07, 6.45) is 2.17. The smallest absolute Gasteiger partial charge is 0.307 e. The van der Waals surface area contributed by atoms with Gasteiger partial charge in [0.1, 0.15) is 0 Å². The molecule has 1 aromatic heterocycles. The first kappa shape index (κ1) is 14.1. The molecule has 2 atom stereocenters. The zero-order chi connectivity index (χ0) is 13.8. The molecule has 1 aliphatic carbocycles. The summed E-state index contributed by atoms with van der Waals surface area (Å²) >= 11 is 1.62. The van der Waals surface area contributed by atoms with Crippen molar-refractivity contribution in [3.63, 3.8) is 0 Å². The van der Waals surface area contributed by atoms with E-state index in [1.165, 1.54) is 0 Å². The molecule has 0 saturated heterocycles. The van der Waals surface area contributed by atoms with Gasteiger partial charge in [-0.05, 0) is 31.2 Å². The molecule has 0 aliphatic heterocycles. The summed E-state index contributed by atoms with van der Waals surface area (Å²) in [7, 11) is 0. The number of rotatable bonds is 5. The molecule has 0 bridgehead atoms. The number of carboxylic acid groups (broad SMARTS) is 1. The number of amides is 1. The number of aliphatic carboxylic acids is 1. The first-order valence-corrected chi connectivity index (χ1v) is 7.55. The third-order valence-electron chi connectivity index (χ3n) is 3.77. The van der Waals surface area contributed by atoms with E-state index < -0.39 is 11.9 Å². The second-order valence-corrected chi connectivity index (χ2v) is 5.95. The van der Waals surface area contributed by atoms with Crippen molar-refractivity contribution < 1.29 is 14.7 Å². The fourth-order valence-electron chi connectivity index (χ4n) is 2.72. The number of carbonyl (C=O) groups excluding carboxylic acids is 1. The first-order valence-electron chi connectivity index (χ1n) is 6.67. The maximum Gasteiger partial charge on any atom is 0.307 e. The van der Waals surface area contributed by atoms with Crippen LogP contribution in [0.15, 0.2) is 17.5 Å². The zero-order valence-corrected chi connectivity index (χ0v) is 11.9. The maximum atomic E-state index is 12.5. The third-order valence-corrected chi connectivity index (χ3v) is 4.63. The highest BCUT2D eigenvalue weighted by Gasteiger charge is 2.39. The van der Waals surface area contributed by atoms with Crippen LogP contribution in [0.4, 0.5) is 0 Å². The molecule has 0 aromatic carbocycles. The number of nitrogens with zero attached hydrogens (tertiary/aromatic N) is 1. The van der Waals surface area contributed by atoms with Gasteiger partial charge >= 0.3 is 5.97 Å². The lowest BCUT2D eigenvalue weighted by Gasteiger charge is -2.25. The maximum absolute atomic E-state index is 12.5. The molecule has 4 nitrogen and oxygen atoms in total. The second-order valence-electron chi connectivity index (χ2n) is 4.91. The van der Waals surface area contributed by atoms with E-state index in [9.17, 15) is 14.7 Å². The Morgan fingerprint density at radius 3 is 2.74 bits per heavy atom. The molecule has 1 aliphatic rings. The number of hydrogen-bond donors (Lipinski definition) is 1. The van der Waals surface area contributed by atoms with Crippen molar-refractivity contribution in [1.29, 1.82) is 0 Å². The second kappa shape index (κ2) is 6.19. The summed E-state index contributed by atoms with van der Waals surface area (Å²) in [6, 6.07) is 3.97. The van der Waals surface area contributed by atoms with Crippen molar-refractivity contribution in [2.75, 3.05) is 6.54 Å². The minimum atomic E-state index is -0.831. The predicted octanol–water partition coefficient (Wildman–Crippen LogP) is 2.60. The monoisotopic (exact) mass is 281 g/mol. The van der Waals surface area contributed by atoms with Crippen LogP contribution in [-0.2, 0) is 16.1 Å². The molecule has 1 fully saturated rings. The third kappa shape index (κ3) is 3.15. The Bertz CT molecular complexity index is 444. The van der Waals surface area contributed by atoms with Crippen LogP contribution >= 0.6 is 11.3 Å². The molecular weight excluding hydrogens is 262 g/mol. The number of hydrogen-bond acceptors (Lipinski definition) is 3. The van der Waals surface area contributed by atoms with Crippen LogP contribution in [0, 0.1) is 11.8 Å². The van der Waals surface area contributed by atoms with Crippen molar-refractivity contribution >= 4 is 23.2 Å². The Morgan fingerprint density at radius 1 is 1.42 bits per heavy atom. The molecule has 1 amide bonds. The van der Waals surface area contributed by atoms with E-state index in [-0.39, 0.29) is 11.8 Å².